The van der Waals surface area contributed by atoms with E-state index in [4.69, 9.17) is 17.3 Å². The Labute approximate surface area is 188 Å². The van der Waals surface area contributed by atoms with E-state index in [1.807, 2.05) is 0 Å². The van der Waals surface area contributed by atoms with Gasteiger partial charge < -0.3 is 21.1 Å². The van der Waals surface area contributed by atoms with Crippen LogP contribution in [0, 0.1) is 0 Å². The standard InChI is InChI=1S/C22H22ClN5O4/c1-22(32)11-27(12-22)18(29)10-28-19-14(4-7-17(24)26-19)8-16(21(28)31)20(30)25-9-13-2-5-15(23)6-3-13/h2-8,32H,9-12H2,1H3,(H2,24,26)(H,25,30). The molecule has 3 aromatic rings. The van der Waals surface area contributed by atoms with Crippen molar-refractivity contribution in [2.24, 2.45) is 0 Å². The number of benzene rings is 1. The molecule has 0 radical (unpaired) electrons. The number of likely N-dealkylation sites (tertiary alicyclic amines) is 1. The molecule has 9 nitrogen and oxygen atoms in total. The average Bonchev–Trinajstić information content (AvgIpc) is 2.73. The van der Waals surface area contributed by atoms with E-state index in [1.54, 1.807) is 43.3 Å². The van der Waals surface area contributed by atoms with Gasteiger partial charge in [0.15, 0.2) is 0 Å². The van der Waals surface area contributed by atoms with Crippen molar-refractivity contribution >= 4 is 40.3 Å². The summed E-state index contributed by atoms with van der Waals surface area (Å²) in [4.78, 5) is 44.3. The largest absolute Gasteiger partial charge is 0.386 e. The number of nitrogens with two attached hydrogens (primary N) is 1. The fraction of sp³-hybridized carbons (Fsp3) is 0.273. The smallest absolute Gasteiger partial charge is 0.265 e. The number of nitrogen functional groups attached to an aromatic ring is 1. The van der Waals surface area contributed by atoms with Crippen LogP contribution in [0.5, 0.6) is 0 Å². The first-order valence-electron chi connectivity index (χ1n) is 9.96. The fourth-order valence-corrected chi connectivity index (χ4v) is 3.76. The number of rotatable bonds is 5. The minimum atomic E-state index is -0.936. The molecule has 4 N–H and O–H groups in total. The van der Waals surface area contributed by atoms with E-state index in [2.05, 4.69) is 10.3 Å². The molecule has 1 aromatic carbocycles. The maximum atomic E-state index is 13.2. The second-order valence-corrected chi connectivity index (χ2v) is 8.59. The highest BCUT2D eigenvalue weighted by Crippen LogP contribution is 2.21. The number of aliphatic hydroxyl groups is 1. The van der Waals surface area contributed by atoms with Crippen molar-refractivity contribution in [1.82, 2.24) is 19.8 Å². The molecule has 166 valence electrons. The predicted octanol–water partition coefficient (Wildman–Crippen LogP) is 1.16. The number of anilines is 1. The molecule has 1 saturated heterocycles. The molecular weight excluding hydrogens is 434 g/mol. The van der Waals surface area contributed by atoms with Crippen molar-refractivity contribution in [2.75, 3.05) is 18.8 Å². The summed E-state index contributed by atoms with van der Waals surface area (Å²) in [5.74, 6) is -0.746. The highest BCUT2D eigenvalue weighted by molar-refractivity contribution is 6.30. The number of pyridine rings is 2. The number of halogens is 1. The molecule has 1 aliphatic rings. The van der Waals surface area contributed by atoms with E-state index < -0.39 is 17.1 Å². The molecule has 1 fully saturated rings. The van der Waals surface area contributed by atoms with E-state index in [0.29, 0.717) is 10.4 Å². The van der Waals surface area contributed by atoms with Crippen LogP contribution in [0.25, 0.3) is 11.0 Å². The molecule has 2 aromatic heterocycles. The number of carbonyl (C=O) groups is 2. The number of amides is 2. The topological polar surface area (TPSA) is 131 Å². The van der Waals surface area contributed by atoms with Crippen LogP contribution >= 0.6 is 11.6 Å². The predicted molar refractivity (Wildman–Crippen MR) is 120 cm³/mol. The number of hydrogen-bond acceptors (Lipinski definition) is 6. The van der Waals surface area contributed by atoms with Gasteiger partial charge in [-0.15, -0.1) is 0 Å². The first-order valence-corrected chi connectivity index (χ1v) is 10.3. The minimum absolute atomic E-state index is 0.110. The van der Waals surface area contributed by atoms with Crippen molar-refractivity contribution in [3.05, 3.63) is 69.0 Å². The van der Waals surface area contributed by atoms with Gasteiger partial charge in [-0.2, -0.15) is 0 Å². The minimum Gasteiger partial charge on any atom is -0.386 e. The van der Waals surface area contributed by atoms with Gasteiger partial charge in [0, 0.05) is 17.0 Å². The molecular formula is C22H22ClN5O4. The Morgan fingerprint density at radius 2 is 1.91 bits per heavy atom. The molecule has 1 aliphatic heterocycles. The van der Waals surface area contributed by atoms with Gasteiger partial charge in [0.05, 0.1) is 18.7 Å². The summed E-state index contributed by atoms with van der Waals surface area (Å²) in [5, 5.41) is 13.7. The average molecular weight is 456 g/mol. The Morgan fingerprint density at radius 1 is 1.22 bits per heavy atom. The summed E-state index contributed by atoms with van der Waals surface area (Å²) < 4.78 is 1.15. The quantitative estimate of drug-likeness (QED) is 0.529. The second kappa shape index (κ2) is 8.25. The van der Waals surface area contributed by atoms with Crippen molar-refractivity contribution in [2.45, 2.75) is 25.6 Å². The molecule has 0 bridgehead atoms. The van der Waals surface area contributed by atoms with Gasteiger partial charge in [0.2, 0.25) is 5.91 Å². The zero-order valence-corrected chi connectivity index (χ0v) is 18.1. The Bertz CT molecular complexity index is 1260. The third-order valence-corrected chi connectivity index (χ3v) is 5.53. The van der Waals surface area contributed by atoms with Gasteiger partial charge in [-0.05, 0) is 42.8 Å². The van der Waals surface area contributed by atoms with Crippen LogP contribution in [-0.4, -0.2) is 50.1 Å². The van der Waals surface area contributed by atoms with Gasteiger partial charge in [-0.25, -0.2) is 4.98 Å². The zero-order chi connectivity index (χ0) is 23.0. The lowest BCUT2D eigenvalue weighted by Gasteiger charge is -2.44. The molecule has 0 spiro atoms. The van der Waals surface area contributed by atoms with Crippen LogP contribution in [-0.2, 0) is 17.9 Å². The van der Waals surface area contributed by atoms with Crippen molar-refractivity contribution in [3.63, 3.8) is 0 Å². The first-order chi connectivity index (χ1) is 15.1. The maximum absolute atomic E-state index is 13.2. The van der Waals surface area contributed by atoms with E-state index in [-0.39, 0.29) is 49.1 Å². The summed E-state index contributed by atoms with van der Waals surface area (Å²) in [6.07, 6.45) is 0. The van der Waals surface area contributed by atoms with Gasteiger partial charge in [-0.1, -0.05) is 23.7 Å². The van der Waals surface area contributed by atoms with E-state index >= 15 is 0 Å². The SMILES string of the molecule is CC1(O)CN(C(=O)Cn2c(=O)c(C(=O)NCc3ccc(Cl)cc3)cc3ccc(N)nc32)C1. The third-order valence-electron chi connectivity index (χ3n) is 5.28. The monoisotopic (exact) mass is 455 g/mol. The van der Waals surface area contributed by atoms with Crippen LogP contribution in [0.2, 0.25) is 5.02 Å². The first kappa shape index (κ1) is 21.8. The lowest BCUT2D eigenvalue weighted by atomic mass is 9.97. The number of nitrogens with zero attached hydrogens (tertiary/aromatic N) is 3. The van der Waals surface area contributed by atoms with Crippen LogP contribution in [0.4, 0.5) is 5.82 Å². The number of carbonyl (C=O) groups excluding carboxylic acids is 2. The molecule has 0 saturated carbocycles. The van der Waals surface area contributed by atoms with Gasteiger partial charge in [0.1, 0.15) is 23.6 Å². The molecule has 10 heteroatoms. The Kier molecular flexibility index (Phi) is 5.62. The second-order valence-electron chi connectivity index (χ2n) is 8.15. The number of hydrogen-bond donors (Lipinski definition) is 3. The maximum Gasteiger partial charge on any atom is 0.265 e. The van der Waals surface area contributed by atoms with E-state index in [0.717, 1.165) is 10.1 Å². The van der Waals surface area contributed by atoms with Crippen molar-refractivity contribution < 1.29 is 14.7 Å². The molecule has 0 unspecified atom stereocenters. The van der Waals surface area contributed by atoms with E-state index in [9.17, 15) is 19.5 Å². The Hall–Kier alpha value is -3.43. The summed E-state index contributed by atoms with van der Waals surface area (Å²) in [5.41, 5.74) is 5.12. The van der Waals surface area contributed by atoms with Gasteiger partial charge in [-0.3, -0.25) is 19.0 Å². The lowest BCUT2D eigenvalue weighted by Crippen LogP contribution is -2.62. The lowest BCUT2D eigenvalue weighted by molar-refractivity contribution is -0.152. The van der Waals surface area contributed by atoms with E-state index in [1.165, 1.54) is 11.0 Å². The van der Waals surface area contributed by atoms with Crippen LogP contribution < -0.4 is 16.6 Å². The highest BCUT2D eigenvalue weighted by Gasteiger charge is 2.39. The van der Waals surface area contributed by atoms with Crippen LogP contribution in [0.3, 0.4) is 0 Å². The Morgan fingerprint density at radius 3 is 2.56 bits per heavy atom. The number of nitrogens with one attached hydrogen (secondary N) is 1. The fourth-order valence-electron chi connectivity index (χ4n) is 3.64. The summed E-state index contributed by atoms with van der Waals surface area (Å²) in [6.45, 7) is 1.87. The van der Waals surface area contributed by atoms with Crippen LogP contribution in [0.1, 0.15) is 22.8 Å². The number of β-amino-alcohol motifs (C(OH)–C–C–N with tert-alkyl or cyclic N) is 1. The summed E-state index contributed by atoms with van der Waals surface area (Å²) >= 11 is 5.88. The molecule has 2 amide bonds. The highest BCUT2D eigenvalue weighted by atomic mass is 35.5. The molecule has 32 heavy (non-hydrogen) atoms. The van der Waals surface area contributed by atoms with Gasteiger partial charge in [0.25, 0.3) is 11.5 Å². The Balaban J connectivity index is 1.64. The van der Waals surface area contributed by atoms with Crippen LogP contribution in [0.15, 0.2) is 47.3 Å². The normalized spacial score (nSPS) is 14.8. The zero-order valence-electron chi connectivity index (χ0n) is 17.3. The molecule has 0 aliphatic carbocycles. The summed E-state index contributed by atoms with van der Waals surface area (Å²) in [7, 11) is 0. The number of aromatic nitrogens is 2. The van der Waals surface area contributed by atoms with Crippen molar-refractivity contribution in [1.29, 1.82) is 0 Å². The number of fused-ring (bicyclic) bond motifs is 1. The van der Waals surface area contributed by atoms with Gasteiger partial charge >= 0.3 is 0 Å². The van der Waals surface area contributed by atoms with Crippen molar-refractivity contribution in [3.8, 4) is 0 Å². The molecule has 4 rings (SSSR count). The third kappa shape index (κ3) is 4.44. The molecule has 0 atom stereocenters. The molecule has 3 heterocycles. The summed E-state index contributed by atoms with van der Waals surface area (Å²) in [6, 6.07) is 11.6.